The lowest BCUT2D eigenvalue weighted by Crippen LogP contribution is -2.44. The van der Waals surface area contributed by atoms with Gasteiger partial charge in [-0.15, -0.1) is 0 Å². The fraction of sp³-hybridized carbons (Fsp3) is 0.929. The average molecular weight is 238 g/mol. The second-order valence-electron chi connectivity index (χ2n) is 5.63. The molecule has 98 valence electrons. The van der Waals surface area contributed by atoms with Gasteiger partial charge in [0.15, 0.2) is 0 Å². The number of hydrogen-bond acceptors (Lipinski definition) is 3. The molecule has 3 nitrogen and oxygen atoms in total. The number of rotatable bonds is 4. The van der Waals surface area contributed by atoms with Crippen LogP contribution in [0.4, 0.5) is 0 Å². The second kappa shape index (κ2) is 5.96. The molecule has 1 aliphatic carbocycles. The molecule has 1 atom stereocenters. The van der Waals surface area contributed by atoms with Gasteiger partial charge in [0.25, 0.3) is 0 Å². The van der Waals surface area contributed by atoms with Crippen LogP contribution in [0.5, 0.6) is 0 Å². The molecule has 17 heavy (non-hydrogen) atoms. The third kappa shape index (κ3) is 3.29. The van der Waals surface area contributed by atoms with Gasteiger partial charge in [0.05, 0.1) is 0 Å². The topological polar surface area (TPSA) is 23.6 Å². The molecule has 1 unspecified atom stereocenters. The van der Waals surface area contributed by atoms with E-state index in [2.05, 4.69) is 23.8 Å². The van der Waals surface area contributed by atoms with E-state index in [1.165, 1.54) is 32.5 Å². The highest BCUT2D eigenvalue weighted by atomic mass is 16.1. The summed E-state index contributed by atoms with van der Waals surface area (Å²) in [7, 11) is 2.24. The smallest absolute Gasteiger partial charge is 0.133 e. The molecule has 0 aromatic heterocycles. The molecular weight excluding hydrogens is 212 g/mol. The summed E-state index contributed by atoms with van der Waals surface area (Å²) in [6, 6.07) is 1.40. The van der Waals surface area contributed by atoms with Crippen LogP contribution in [-0.2, 0) is 4.79 Å². The largest absolute Gasteiger partial charge is 0.302 e. The van der Waals surface area contributed by atoms with Crippen molar-refractivity contribution >= 4 is 5.78 Å². The highest BCUT2D eigenvalue weighted by Gasteiger charge is 2.28. The number of carbonyl (C=O) groups excluding carboxylic acids is 1. The van der Waals surface area contributed by atoms with E-state index < -0.39 is 0 Å². The lowest BCUT2D eigenvalue weighted by atomic mass is 9.93. The van der Waals surface area contributed by atoms with Crippen molar-refractivity contribution in [3.05, 3.63) is 0 Å². The minimum absolute atomic E-state index is 0.464. The standard InChI is InChI=1S/C14H26N2O/c1-3-16-10-4-5-13(16)11-15(2)12-6-8-14(17)9-7-12/h12-13H,3-11H2,1-2H3. The molecule has 2 aliphatic rings. The van der Waals surface area contributed by atoms with Crippen molar-refractivity contribution in [2.45, 2.75) is 57.5 Å². The predicted octanol–water partition coefficient (Wildman–Crippen LogP) is 1.91. The van der Waals surface area contributed by atoms with E-state index >= 15 is 0 Å². The van der Waals surface area contributed by atoms with E-state index in [4.69, 9.17) is 0 Å². The normalized spacial score (nSPS) is 28.2. The number of nitrogens with zero attached hydrogens (tertiary/aromatic N) is 2. The molecule has 1 aliphatic heterocycles. The monoisotopic (exact) mass is 238 g/mol. The van der Waals surface area contributed by atoms with E-state index in [0.717, 1.165) is 31.7 Å². The number of Topliss-reactive ketones (excluding diaryl/α,β-unsaturated/α-hetero) is 1. The summed E-state index contributed by atoms with van der Waals surface area (Å²) in [6.07, 6.45) is 6.47. The minimum atomic E-state index is 0.464. The number of carbonyl (C=O) groups is 1. The van der Waals surface area contributed by atoms with Crippen LogP contribution in [0.1, 0.15) is 45.4 Å². The molecule has 0 bridgehead atoms. The number of likely N-dealkylation sites (N-methyl/N-ethyl adjacent to an activating group) is 2. The van der Waals surface area contributed by atoms with Gasteiger partial charge in [0.2, 0.25) is 0 Å². The highest BCUT2D eigenvalue weighted by molar-refractivity contribution is 5.79. The summed E-state index contributed by atoms with van der Waals surface area (Å²) in [5, 5.41) is 0. The van der Waals surface area contributed by atoms with E-state index in [9.17, 15) is 4.79 Å². The third-order valence-electron chi connectivity index (χ3n) is 4.54. The van der Waals surface area contributed by atoms with Crippen LogP contribution in [0.3, 0.4) is 0 Å². The molecule has 2 rings (SSSR count). The Hall–Kier alpha value is -0.410. The molecule has 2 fully saturated rings. The van der Waals surface area contributed by atoms with Crippen LogP contribution >= 0.6 is 0 Å². The first-order valence-corrected chi connectivity index (χ1v) is 7.16. The van der Waals surface area contributed by atoms with Gasteiger partial charge in [-0.3, -0.25) is 9.69 Å². The SMILES string of the molecule is CCN1CCCC1CN(C)C1CCC(=O)CC1. The molecule has 0 aromatic carbocycles. The maximum atomic E-state index is 11.2. The van der Waals surface area contributed by atoms with E-state index in [1.54, 1.807) is 0 Å². The fourth-order valence-corrected chi connectivity index (χ4v) is 3.37. The van der Waals surface area contributed by atoms with Gasteiger partial charge >= 0.3 is 0 Å². The fourth-order valence-electron chi connectivity index (χ4n) is 3.37. The van der Waals surface area contributed by atoms with Gasteiger partial charge in [0.1, 0.15) is 5.78 Å². The summed E-state index contributed by atoms with van der Waals surface area (Å²) in [5.74, 6) is 0.464. The van der Waals surface area contributed by atoms with Crippen molar-refractivity contribution in [2.75, 3.05) is 26.7 Å². The zero-order chi connectivity index (χ0) is 12.3. The Morgan fingerprint density at radius 3 is 2.65 bits per heavy atom. The van der Waals surface area contributed by atoms with Gasteiger partial charge in [-0.2, -0.15) is 0 Å². The second-order valence-corrected chi connectivity index (χ2v) is 5.63. The van der Waals surface area contributed by atoms with Gasteiger partial charge in [-0.1, -0.05) is 6.92 Å². The molecule has 0 aromatic rings. The van der Waals surface area contributed by atoms with Crippen molar-refractivity contribution in [3.8, 4) is 0 Å². The Balaban J connectivity index is 1.80. The molecule has 0 N–H and O–H groups in total. The van der Waals surface area contributed by atoms with Crippen molar-refractivity contribution < 1.29 is 4.79 Å². The van der Waals surface area contributed by atoms with Crippen LogP contribution < -0.4 is 0 Å². The Morgan fingerprint density at radius 1 is 1.29 bits per heavy atom. The Kier molecular flexibility index (Phi) is 4.57. The summed E-state index contributed by atoms with van der Waals surface area (Å²) >= 11 is 0. The predicted molar refractivity (Wildman–Crippen MR) is 70.2 cm³/mol. The Labute approximate surface area is 105 Å². The highest BCUT2D eigenvalue weighted by Crippen LogP contribution is 2.23. The first-order valence-electron chi connectivity index (χ1n) is 7.16. The molecule has 1 saturated heterocycles. The molecular formula is C14H26N2O. The maximum Gasteiger partial charge on any atom is 0.133 e. The average Bonchev–Trinajstić information content (AvgIpc) is 2.77. The first kappa shape index (κ1) is 13.0. The first-order chi connectivity index (χ1) is 8.20. The molecule has 0 radical (unpaired) electrons. The summed E-state index contributed by atoms with van der Waals surface area (Å²) < 4.78 is 0. The molecule has 1 heterocycles. The molecule has 0 spiro atoms. The zero-order valence-electron chi connectivity index (χ0n) is 11.3. The number of likely N-dealkylation sites (tertiary alicyclic amines) is 1. The van der Waals surface area contributed by atoms with Crippen LogP contribution in [0, 0.1) is 0 Å². The van der Waals surface area contributed by atoms with Crippen molar-refractivity contribution in [1.82, 2.24) is 9.80 Å². The summed E-state index contributed by atoms with van der Waals surface area (Å²) in [6.45, 7) is 5.91. The van der Waals surface area contributed by atoms with Crippen LogP contribution in [0.25, 0.3) is 0 Å². The van der Waals surface area contributed by atoms with E-state index in [1.807, 2.05) is 0 Å². The van der Waals surface area contributed by atoms with Gasteiger partial charge in [0, 0.05) is 31.5 Å². The third-order valence-corrected chi connectivity index (χ3v) is 4.54. The quantitative estimate of drug-likeness (QED) is 0.747. The number of hydrogen-bond donors (Lipinski definition) is 0. The molecule has 1 saturated carbocycles. The number of ketones is 1. The lowest BCUT2D eigenvalue weighted by Gasteiger charge is -2.34. The van der Waals surface area contributed by atoms with Gasteiger partial charge < -0.3 is 4.90 Å². The van der Waals surface area contributed by atoms with E-state index in [-0.39, 0.29) is 0 Å². The summed E-state index contributed by atoms with van der Waals surface area (Å²) in [4.78, 5) is 16.4. The van der Waals surface area contributed by atoms with Crippen molar-refractivity contribution in [2.24, 2.45) is 0 Å². The van der Waals surface area contributed by atoms with Crippen LogP contribution in [-0.4, -0.2) is 54.3 Å². The van der Waals surface area contributed by atoms with Crippen molar-refractivity contribution in [1.29, 1.82) is 0 Å². The molecule has 0 amide bonds. The van der Waals surface area contributed by atoms with Gasteiger partial charge in [-0.25, -0.2) is 0 Å². The Bertz CT molecular complexity index is 257. The van der Waals surface area contributed by atoms with Crippen molar-refractivity contribution in [3.63, 3.8) is 0 Å². The molecule has 3 heteroatoms. The van der Waals surface area contributed by atoms with E-state index in [0.29, 0.717) is 11.8 Å². The lowest BCUT2D eigenvalue weighted by molar-refractivity contribution is -0.121. The maximum absolute atomic E-state index is 11.2. The summed E-state index contributed by atoms with van der Waals surface area (Å²) in [5.41, 5.74) is 0. The Morgan fingerprint density at radius 2 is 2.00 bits per heavy atom. The van der Waals surface area contributed by atoms with Gasteiger partial charge in [-0.05, 0) is 45.8 Å². The minimum Gasteiger partial charge on any atom is -0.302 e. The van der Waals surface area contributed by atoms with Crippen LogP contribution in [0.2, 0.25) is 0 Å². The van der Waals surface area contributed by atoms with Crippen LogP contribution in [0.15, 0.2) is 0 Å². The zero-order valence-corrected chi connectivity index (χ0v) is 11.3.